The van der Waals surface area contributed by atoms with Crippen molar-refractivity contribution in [3.8, 4) is 11.1 Å². The van der Waals surface area contributed by atoms with Gasteiger partial charge in [-0.05, 0) is 83.7 Å². The number of aryl methyl sites for hydroxylation is 1. The standard InChI is InChI=1S/C24H22FNO.ClH/c25-23-11-10-20-12-17(13-22(20)15-23)5-4-16-6-8-18(9-7-16)19-2-1-3-21(14-19)24(26)27;/h1-3,6-11,14-15,17H,4-5,12-13H2,(H2,26,27);1H/t17-;/m1./s1. The fourth-order valence-corrected chi connectivity index (χ4v) is 3.97. The number of fused-ring (bicyclic) bond motifs is 1. The molecule has 1 aliphatic rings. The van der Waals surface area contributed by atoms with Crippen molar-refractivity contribution in [3.63, 3.8) is 0 Å². The van der Waals surface area contributed by atoms with E-state index in [4.69, 9.17) is 5.73 Å². The second kappa shape index (κ2) is 8.57. The second-order valence-corrected chi connectivity index (χ2v) is 7.37. The lowest BCUT2D eigenvalue weighted by Gasteiger charge is -2.10. The Labute approximate surface area is 171 Å². The summed E-state index contributed by atoms with van der Waals surface area (Å²) in [6, 6.07) is 21.0. The summed E-state index contributed by atoms with van der Waals surface area (Å²) in [7, 11) is 0. The van der Waals surface area contributed by atoms with Gasteiger partial charge in [0.15, 0.2) is 0 Å². The van der Waals surface area contributed by atoms with E-state index in [0.29, 0.717) is 11.5 Å². The summed E-state index contributed by atoms with van der Waals surface area (Å²) in [4.78, 5) is 11.4. The first kappa shape index (κ1) is 20.1. The van der Waals surface area contributed by atoms with Crippen molar-refractivity contribution in [2.24, 2.45) is 11.7 Å². The molecule has 1 atom stereocenters. The number of rotatable bonds is 5. The SMILES string of the molecule is Cl.NC(=O)c1cccc(-c2ccc(CC[C@@H]3Cc4ccc(F)cc4C3)cc2)c1. The van der Waals surface area contributed by atoms with Gasteiger partial charge in [-0.1, -0.05) is 42.5 Å². The molecule has 4 rings (SSSR count). The average Bonchev–Trinajstić information content (AvgIpc) is 3.09. The van der Waals surface area contributed by atoms with Gasteiger partial charge in [0.1, 0.15) is 5.82 Å². The highest BCUT2D eigenvalue weighted by Gasteiger charge is 2.21. The molecule has 0 bridgehead atoms. The van der Waals surface area contributed by atoms with E-state index >= 15 is 0 Å². The Kier molecular flexibility index (Phi) is 6.15. The van der Waals surface area contributed by atoms with Crippen molar-refractivity contribution in [3.05, 3.63) is 94.8 Å². The maximum absolute atomic E-state index is 13.4. The molecule has 3 aromatic carbocycles. The van der Waals surface area contributed by atoms with E-state index in [2.05, 4.69) is 24.3 Å². The van der Waals surface area contributed by atoms with Crippen molar-refractivity contribution < 1.29 is 9.18 Å². The number of halogens is 2. The number of nitrogens with two attached hydrogens (primary N) is 1. The number of amides is 1. The first-order valence-corrected chi connectivity index (χ1v) is 9.35. The fourth-order valence-electron chi connectivity index (χ4n) is 3.97. The van der Waals surface area contributed by atoms with Crippen LogP contribution >= 0.6 is 12.4 Å². The second-order valence-electron chi connectivity index (χ2n) is 7.37. The van der Waals surface area contributed by atoms with E-state index in [1.807, 2.05) is 24.3 Å². The smallest absolute Gasteiger partial charge is 0.248 e. The van der Waals surface area contributed by atoms with Gasteiger partial charge in [-0.2, -0.15) is 0 Å². The third-order valence-electron chi connectivity index (χ3n) is 5.46. The quantitative estimate of drug-likeness (QED) is 0.620. The maximum Gasteiger partial charge on any atom is 0.248 e. The molecule has 0 aromatic heterocycles. The molecule has 0 spiro atoms. The molecule has 2 N–H and O–H groups in total. The first-order chi connectivity index (χ1) is 13.1. The van der Waals surface area contributed by atoms with Gasteiger partial charge in [0, 0.05) is 5.56 Å². The molecule has 2 nitrogen and oxygen atoms in total. The highest BCUT2D eigenvalue weighted by atomic mass is 35.5. The van der Waals surface area contributed by atoms with Gasteiger partial charge in [-0.25, -0.2) is 4.39 Å². The number of hydrogen-bond donors (Lipinski definition) is 1. The predicted molar refractivity (Wildman–Crippen MR) is 113 cm³/mol. The van der Waals surface area contributed by atoms with E-state index in [1.54, 1.807) is 18.2 Å². The molecule has 0 saturated heterocycles. The third-order valence-corrected chi connectivity index (χ3v) is 5.46. The molecule has 28 heavy (non-hydrogen) atoms. The molecule has 1 aliphatic carbocycles. The van der Waals surface area contributed by atoms with Crippen LogP contribution in [0, 0.1) is 11.7 Å². The normalized spacial score (nSPS) is 15.0. The number of primary amides is 1. The van der Waals surface area contributed by atoms with E-state index in [0.717, 1.165) is 36.8 Å². The predicted octanol–water partition coefficient (Wildman–Crippen LogP) is 5.36. The third kappa shape index (κ3) is 4.42. The zero-order chi connectivity index (χ0) is 18.8. The van der Waals surface area contributed by atoms with Gasteiger partial charge >= 0.3 is 0 Å². The Morgan fingerprint density at radius 1 is 0.929 bits per heavy atom. The molecule has 0 radical (unpaired) electrons. The van der Waals surface area contributed by atoms with Crippen molar-refractivity contribution in [1.29, 1.82) is 0 Å². The Bertz CT molecular complexity index is 984. The van der Waals surface area contributed by atoms with Crippen LogP contribution in [-0.2, 0) is 19.3 Å². The van der Waals surface area contributed by atoms with Crippen LogP contribution in [0.2, 0.25) is 0 Å². The molecule has 3 aromatic rings. The summed E-state index contributed by atoms with van der Waals surface area (Å²) in [5.74, 6) is 0.0463. The highest BCUT2D eigenvalue weighted by molar-refractivity contribution is 5.94. The lowest BCUT2D eigenvalue weighted by molar-refractivity contribution is 0.100. The lowest BCUT2D eigenvalue weighted by atomic mass is 9.95. The molecule has 0 aliphatic heterocycles. The summed E-state index contributed by atoms with van der Waals surface area (Å²) >= 11 is 0. The van der Waals surface area contributed by atoms with Crippen LogP contribution in [0.3, 0.4) is 0 Å². The fraction of sp³-hybridized carbons (Fsp3) is 0.208. The maximum atomic E-state index is 13.4. The molecule has 144 valence electrons. The van der Waals surface area contributed by atoms with Gasteiger partial charge in [0.2, 0.25) is 5.91 Å². The van der Waals surface area contributed by atoms with Gasteiger partial charge in [0.25, 0.3) is 0 Å². The molecular weight excluding hydrogens is 373 g/mol. The van der Waals surface area contributed by atoms with Crippen LogP contribution in [0.1, 0.15) is 33.5 Å². The van der Waals surface area contributed by atoms with Crippen LogP contribution in [-0.4, -0.2) is 5.91 Å². The van der Waals surface area contributed by atoms with Crippen LogP contribution in [0.4, 0.5) is 4.39 Å². The number of carbonyl (C=O) groups is 1. The van der Waals surface area contributed by atoms with E-state index in [9.17, 15) is 9.18 Å². The summed E-state index contributed by atoms with van der Waals surface area (Å²) in [5.41, 5.74) is 11.7. The zero-order valence-corrected chi connectivity index (χ0v) is 16.3. The number of carbonyl (C=O) groups excluding carboxylic acids is 1. The molecule has 0 unspecified atom stereocenters. The summed E-state index contributed by atoms with van der Waals surface area (Å²) < 4.78 is 13.4. The number of benzene rings is 3. The Hall–Kier alpha value is -2.65. The first-order valence-electron chi connectivity index (χ1n) is 9.35. The number of hydrogen-bond acceptors (Lipinski definition) is 1. The van der Waals surface area contributed by atoms with Crippen LogP contribution in [0.25, 0.3) is 11.1 Å². The van der Waals surface area contributed by atoms with E-state index in [-0.39, 0.29) is 18.2 Å². The van der Waals surface area contributed by atoms with Crippen molar-refractivity contribution in [1.82, 2.24) is 0 Å². The molecule has 0 heterocycles. The largest absolute Gasteiger partial charge is 0.366 e. The topological polar surface area (TPSA) is 43.1 Å². The van der Waals surface area contributed by atoms with Crippen LogP contribution in [0.15, 0.2) is 66.7 Å². The molecule has 4 heteroatoms. The van der Waals surface area contributed by atoms with Gasteiger partial charge in [-0.3, -0.25) is 4.79 Å². The van der Waals surface area contributed by atoms with Crippen molar-refractivity contribution in [2.45, 2.75) is 25.7 Å². The van der Waals surface area contributed by atoms with E-state index in [1.165, 1.54) is 16.7 Å². The van der Waals surface area contributed by atoms with Crippen LogP contribution < -0.4 is 5.73 Å². The van der Waals surface area contributed by atoms with Gasteiger partial charge in [0.05, 0.1) is 0 Å². The Morgan fingerprint density at radius 2 is 1.68 bits per heavy atom. The summed E-state index contributed by atoms with van der Waals surface area (Å²) in [6.45, 7) is 0. The van der Waals surface area contributed by atoms with E-state index < -0.39 is 5.91 Å². The minimum absolute atomic E-state index is 0. The van der Waals surface area contributed by atoms with Crippen molar-refractivity contribution >= 4 is 18.3 Å². The van der Waals surface area contributed by atoms with Crippen molar-refractivity contribution in [2.75, 3.05) is 0 Å². The monoisotopic (exact) mass is 395 g/mol. The summed E-state index contributed by atoms with van der Waals surface area (Å²) in [6.07, 6.45) is 4.15. The Balaban J connectivity index is 0.00000225. The molecule has 0 fully saturated rings. The van der Waals surface area contributed by atoms with Gasteiger partial charge < -0.3 is 5.73 Å². The van der Waals surface area contributed by atoms with Crippen LogP contribution in [0.5, 0.6) is 0 Å². The molecular formula is C24H23ClFNO. The molecule has 1 amide bonds. The Morgan fingerprint density at radius 3 is 2.43 bits per heavy atom. The minimum atomic E-state index is -0.411. The average molecular weight is 396 g/mol. The molecule has 0 saturated carbocycles. The minimum Gasteiger partial charge on any atom is -0.366 e. The zero-order valence-electron chi connectivity index (χ0n) is 15.5. The highest BCUT2D eigenvalue weighted by Crippen LogP contribution is 2.30. The lowest BCUT2D eigenvalue weighted by Crippen LogP contribution is -2.10. The summed E-state index contributed by atoms with van der Waals surface area (Å²) in [5, 5.41) is 0. The van der Waals surface area contributed by atoms with Gasteiger partial charge in [-0.15, -0.1) is 12.4 Å².